The van der Waals surface area contributed by atoms with Crippen molar-refractivity contribution in [3.8, 4) is 11.5 Å². The summed E-state index contributed by atoms with van der Waals surface area (Å²) < 4.78 is 11.3. The lowest BCUT2D eigenvalue weighted by atomic mass is 10.1. The van der Waals surface area contributed by atoms with E-state index in [9.17, 15) is 0 Å². The molecule has 1 aromatic rings. The van der Waals surface area contributed by atoms with Gasteiger partial charge in [-0.15, -0.1) is 0 Å². The van der Waals surface area contributed by atoms with E-state index in [0.717, 1.165) is 43.3 Å². The predicted molar refractivity (Wildman–Crippen MR) is 99.1 cm³/mol. The Morgan fingerprint density at radius 3 is 2.50 bits per heavy atom. The van der Waals surface area contributed by atoms with Gasteiger partial charge in [0, 0.05) is 19.6 Å². The molecule has 0 bridgehead atoms. The van der Waals surface area contributed by atoms with E-state index in [-0.39, 0.29) is 0 Å². The van der Waals surface area contributed by atoms with Crippen LogP contribution in [0.25, 0.3) is 0 Å². The molecule has 0 spiro atoms. The van der Waals surface area contributed by atoms with Crippen LogP contribution in [0.15, 0.2) is 35.3 Å². The van der Waals surface area contributed by atoms with Gasteiger partial charge in [-0.1, -0.05) is 18.2 Å². The van der Waals surface area contributed by atoms with Crippen LogP contribution >= 0.6 is 0 Å². The third kappa shape index (κ3) is 5.48. The summed E-state index contributed by atoms with van der Waals surface area (Å²) in [6.07, 6.45) is 7.45. The molecule has 0 aliphatic heterocycles. The summed E-state index contributed by atoms with van der Waals surface area (Å²) in [4.78, 5) is 4.29. The lowest BCUT2D eigenvalue weighted by Crippen LogP contribution is -2.43. The molecule has 0 saturated carbocycles. The van der Waals surface area contributed by atoms with Gasteiger partial charge in [0.1, 0.15) is 0 Å². The molecular formula is C19H29N3O2. The van der Waals surface area contributed by atoms with Crippen molar-refractivity contribution < 1.29 is 9.47 Å². The van der Waals surface area contributed by atoms with Gasteiger partial charge in [-0.3, -0.25) is 4.99 Å². The van der Waals surface area contributed by atoms with Crippen LogP contribution in [0.1, 0.15) is 32.3 Å². The average Bonchev–Trinajstić information content (AvgIpc) is 3.09. The molecule has 1 aromatic carbocycles. The fraction of sp³-hybridized carbons (Fsp3) is 0.526. The second-order valence-electron chi connectivity index (χ2n) is 5.68. The molecule has 0 atom stereocenters. The zero-order valence-corrected chi connectivity index (χ0v) is 15.0. The Kier molecular flexibility index (Phi) is 7.46. The highest BCUT2D eigenvalue weighted by Crippen LogP contribution is 2.28. The first-order chi connectivity index (χ1) is 11.8. The molecule has 5 heteroatoms. The van der Waals surface area contributed by atoms with Gasteiger partial charge in [-0.2, -0.15) is 0 Å². The van der Waals surface area contributed by atoms with Gasteiger partial charge < -0.3 is 20.1 Å². The van der Waals surface area contributed by atoms with Crippen LogP contribution in [0.5, 0.6) is 11.5 Å². The van der Waals surface area contributed by atoms with Crippen molar-refractivity contribution in [3.05, 3.63) is 35.9 Å². The first kappa shape index (κ1) is 18.2. The summed E-state index contributed by atoms with van der Waals surface area (Å²) in [7, 11) is 1.81. The Balaban J connectivity index is 1.85. The molecule has 5 nitrogen and oxygen atoms in total. The zero-order valence-electron chi connectivity index (χ0n) is 15.0. The van der Waals surface area contributed by atoms with Crippen molar-refractivity contribution in [1.29, 1.82) is 0 Å². The Morgan fingerprint density at radius 1 is 1.12 bits per heavy atom. The number of nitrogens with zero attached hydrogens (tertiary/aromatic N) is 1. The second kappa shape index (κ2) is 9.85. The lowest BCUT2D eigenvalue weighted by molar-refractivity contribution is 0.287. The molecular weight excluding hydrogens is 302 g/mol. The van der Waals surface area contributed by atoms with Gasteiger partial charge in [-0.25, -0.2) is 0 Å². The molecule has 2 N–H and O–H groups in total. The number of guanidine groups is 1. The minimum atomic E-state index is 0.464. The monoisotopic (exact) mass is 331 g/mol. The summed E-state index contributed by atoms with van der Waals surface area (Å²) in [6, 6.07) is 6.60. The molecule has 132 valence electrons. The summed E-state index contributed by atoms with van der Waals surface area (Å²) in [5.74, 6) is 2.48. The molecule has 24 heavy (non-hydrogen) atoms. The number of rotatable bonds is 8. The minimum absolute atomic E-state index is 0.464. The summed E-state index contributed by atoms with van der Waals surface area (Å²) in [5, 5.41) is 6.82. The quantitative estimate of drug-likeness (QED) is 0.437. The maximum atomic E-state index is 5.68. The molecule has 0 heterocycles. The van der Waals surface area contributed by atoms with Gasteiger partial charge in [-0.05, 0) is 50.8 Å². The average molecular weight is 331 g/mol. The van der Waals surface area contributed by atoms with Crippen LogP contribution in [0.4, 0.5) is 0 Å². The topological polar surface area (TPSA) is 54.9 Å². The number of ether oxygens (including phenoxy) is 2. The van der Waals surface area contributed by atoms with Crippen molar-refractivity contribution >= 4 is 5.96 Å². The van der Waals surface area contributed by atoms with Crippen molar-refractivity contribution in [2.75, 3.05) is 26.8 Å². The summed E-state index contributed by atoms with van der Waals surface area (Å²) in [5.41, 5.74) is 1.22. The van der Waals surface area contributed by atoms with Gasteiger partial charge in [0.2, 0.25) is 0 Å². The molecule has 1 aliphatic rings. The van der Waals surface area contributed by atoms with Crippen LogP contribution in [-0.2, 0) is 6.42 Å². The Labute approximate surface area is 145 Å². The molecule has 0 radical (unpaired) electrons. The molecule has 0 unspecified atom stereocenters. The largest absolute Gasteiger partial charge is 0.490 e. The van der Waals surface area contributed by atoms with E-state index >= 15 is 0 Å². The summed E-state index contributed by atoms with van der Waals surface area (Å²) in [6.45, 7) is 6.05. The van der Waals surface area contributed by atoms with E-state index in [0.29, 0.717) is 19.3 Å². The van der Waals surface area contributed by atoms with E-state index in [4.69, 9.17) is 9.47 Å². The van der Waals surface area contributed by atoms with E-state index in [2.05, 4.69) is 39.9 Å². The van der Waals surface area contributed by atoms with Crippen LogP contribution in [0.2, 0.25) is 0 Å². The highest BCUT2D eigenvalue weighted by Gasteiger charge is 2.11. The minimum Gasteiger partial charge on any atom is -0.490 e. The third-order valence-electron chi connectivity index (χ3n) is 3.89. The molecule has 0 amide bonds. The number of hydrogen-bond acceptors (Lipinski definition) is 3. The molecule has 0 fully saturated rings. The van der Waals surface area contributed by atoms with Gasteiger partial charge in [0.25, 0.3) is 0 Å². The smallest absolute Gasteiger partial charge is 0.191 e. The highest BCUT2D eigenvalue weighted by molar-refractivity contribution is 5.80. The van der Waals surface area contributed by atoms with Gasteiger partial charge in [0.15, 0.2) is 17.5 Å². The lowest BCUT2D eigenvalue weighted by Gasteiger charge is -2.17. The highest BCUT2D eigenvalue weighted by atomic mass is 16.5. The van der Waals surface area contributed by atoms with Crippen LogP contribution < -0.4 is 20.1 Å². The van der Waals surface area contributed by atoms with Crippen LogP contribution in [0, 0.1) is 0 Å². The van der Waals surface area contributed by atoms with Crippen molar-refractivity contribution in [2.24, 2.45) is 4.99 Å². The first-order valence-corrected chi connectivity index (χ1v) is 8.77. The zero-order chi connectivity index (χ0) is 17.2. The number of aliphatic imine (C=N–C) groups is 1. The van der Waals surface area contributed by atoms with Crippen LogP contribution in [0.3, 0.4) is 0 Å². The standard InChI is InChI=1S/C19H29N3O2/c1-4-23-17-11-10-15(14-18(17)24-5-2)12-13-21-19(20-3)22-16-8-6-7-9-16/h6-7,10-11,14,16H,4-5,8-9,12-13H2,1-3H3,(H2,20,21,22). The predicted octanol–water partition coefficient (Wildman–Crippen LogP) is 2.91. The van der Waals surface area contributed by atoms with E-state index < -0.39 is 0 Å². The molecule has 0 saturated heterocycles. The van der Waals surface area contributed by atoms with E-state index in [1.165, 1.54) is 5.56 Å². The van der Waals surface area contributed by atoms with E-state index in [1.807, 2.05) is 27.0 Å². The maximum absolute atomic E-state index is 5.68. The number of hydrogen-bond donors (Lipinski definition) is 2. The van der Waals surface area contributed by atoms with Crippen molar-refractivity contribution in [3.63, 3.8) is 0 Å². The SMILES string of the molecule is CCOc1ccc(CCNC(=NC)NC2CC=CC2)cc1OCC. The third-order valence-corrected chi connectivity index (χ3v) is 3.89. The second-order valence-corrected chi connectivity index (χ2v) is 5.68. The van der Waals surface area contributed by atoms with E-state index in [1.54, 1.807) is 0 Å². The number of nitrogens with one attached hydrogen (secondary N) is 2. The van der Waals surface area contributed by atoms with Crippen LogP contribution in [-0.4, -0.2) is 38.8 Å². The molecule has 0 aromatic heterocycles. The Bertz CT molecular complexity index is 562. The first-order valence-electron chi connectivity index (χ1n) is 8.77. The van der Waals surface area contributed by atoms with Gasteiger partial charge >= 0.3 is 0 Å². The summed E-state index contributed by atoms with van der Waals surface area (Å²) >= 11 is 0. The van der Waals surface area contributed by atoms with Crippen molar-refractivity contribution in [2.45, 2.75) is 39.2 Å². The molecule has 2 rings (SSSR count). The maximum Gasteiger partial charge on any atom is 0.191 e. The number of benzene rings is 1. The fourth-order valence-corrected chi connectivity index (χ4v) is 2.70. The Hall–Kier alpha value is -2.17. The Morgan fingerprint density at radius 2 is 1.83 bits per heavy atom. The van der Waals surface area contributed by atoms with Crippen molar-refractivity contribution in [1.82, 2.24) is 10.6 Å². The normalized spacial score (nSPS) is 14.7. The van der Waals surface area contributed by atoms with Gasteiger partial charge in [0.05, 0.1) is 13.2 Å². The molecule has 1 aliphatic carbocycles. The fourth-order valence-electron chi connectivity index (χ4n) is 2.70.